The van der Waals surface area contributed by atoms with Crippen molar-refractivity contribution in [2.75, 3.05) is 38.7 Å². The van der Waals surface area contributed by atoms with Gasteiger partial charge in [-0.1, -0.05) is 0 Å². The van der Waals surface area contributed by atoms with Crippen LogP contribution in [0, 0.1) is 0 Å². The van der Waals surface area contributed by atoms with Gasteiger partial charge in [0.2, 0.25) is 5.91 Å². The van der Waals surface area contributed by atoms with Crippen LogP contribution in [0.15, 0.2) is 0 Å². The Balaban J connectivity index is 2.58. The molecule has 108 valence electrons. The van der Waals surface area contributed by atoms with Gasteiger partial charge in [0.1, 0.15) is 6.04 Å². The lowest BCUT2D eigenvalue weighted by atomic mass is 10.3. The van der Waals surface area contributed by atoms with E-state index < -0.39 is 12.0 Å². The highest BCUT2D eigenvalue weighted by Gasteiger charge is 2.33. The number of urea groups is 1. The van der Waals surface area contributed by atoms with E-state index in [-0.39, 0.29) is 24.9 Å². The molecular formula is C11H19N3O4S. The number of aliphatic carboxylic acids is 1. The summed E-state index contributed by atoms with van der Waals surface area (Å²) in [5.74, 6) is 0.00674. The molecule has 8 heteroatoms. The molecule has 3 amide bonds. The monoisotopic (exact) mass is 289 g/mol. The van der Waals surface area contributed by atoms with Gasteiger partial charge in [0.05, 0.1) is 0 Å². The third-order valence-corrected chi connectivity index (χ3v) is 3.96. The van der Waals surface area contributed by atoms with Crippen molar-refractivity contribution in [1.82, 2.24) is 15.1 Å². The fourth-order valence-electron chi connectivity index (χ4n) is 1.75. The first-order valence-electron chi connectivity index (χ1n) is 6.00. The second-order valence-corrected chi connectivity index (χ2v) is 5.40. The van der Waals surface area contributed by atoms with Crippen LogP contribution in [0.3, 0.4) is 0 Å². The van der Waals surface area contributed by atoms with Gasteiger partial charge in [-0.3, -0.25) is 4.79 Å². The number of carbonyl (C=O) groups excluding carboxylic acids is 2. The summed E-state index contributed by atoms with van der Waals surface area (Å²) in [5.41, 5.74) is 0. The highest BCUT2D eigenvalue weighted by Crippen LogP contribution is 2.18. The normalized spacial score (nSPS) is 18.8. The van der Waals surface area contributed by atoms with Crippen molar-refractivity contribution < 1.29 is 19.5 Å². The van der Waals surface area contributed by atoms with Crippen molar-refractivity contribution in [2.45, 2.75) is 12.5 Å². The highest BCUT2D eigenvalue weighted by atomic mass is 32.2. The lowest BCUT2D eigenvalue weighted by Crippen LogP contribution is -2.54. The maximum Gasteiger partial charge on any atom is 0.327 e. The van der Waals surface area contributed by atoms with Crippen LogP contribution in [-0.4, -0.2) is 77.5 Å². The molecular weight excluding hydrogens is 270 g/mol. The minimum Gasteiger partial charge on any atom is -0.480 e. The Hall–Kier alpha value is -1.44. The van der Waals surface area contributed by atoms with E-state index in [2.05, 4.69) is 5.32 Å². The van der Waals surface area contributed by atoms with E-state index >= 15 is 0 Å². The number of hydrogen-bond donors (Lipinski definition) is 2. The number of carboxylic acid groups (broad SMARTS) is 1. The summed E-state index contributed by atoms with van der Waals surface area (Å²) in [6.07, 6.45) is 0.207. The molecule has 0 aliphatic carbocycles. The first-order chi connectivity index (χ1) is 8.97. The summed E-state index contributed by atoms with van der Waals surface area (Å²) >= 11 is 1.53. The van der Waals surface area contributed by atoms with Crippen molar-refractivity contribution in [3.8, 4) is 0 Å². The summed E-state index contributed by atoms with van der Waals surface area (Å²) < 4.78 is 0. The van der Waals surface area contributed by atoms with Crippen LogP contribution in [0.1, 0.15) is 6.42 Å². The zero-order chi connectivity index (χ0) is 14.4. The predicted octanol–water partition coefficient (Wildman–Crippen LogP) is -0.324. The molecule has 1 fully saturated rings. The Morgan fingerprint density at radius 1 is 1.47 bits per heavy atom. The van der Waals surface area contributed by atoms with Gasteiger partial charge in [-0.2, -0.15) is 11.8 Å². The summed E-state index contributed by atoms with van der Waals surface area (Å²) in [6.45, 7) is 0.694. The van der Waals surface area contributed by atoms with Crippen LogP contribution in [0.5, 0.6) is 0 Å². The molecule has 0 bridgehead atoms. The number of thioether (sulfide) groups is 1. The molecule has 0 radical (unpaired) electrons. The predicted molar refractivity (Wildman–Crippen MR) is 72.2 cm³/mol. The van der Waals surface area contributed by atoms with Gasteiger partial charge >= 0.3 is 12.0 Å². The number of hydrogen-bond acceptors (Lipinski definition) is 4. The fourth-order valence-corrected chi connectivity index (χ4v) is 2.78. The van der Waals surface area contributed by atoms with Crippen LogP contribution >= 0.6 is 11.8 Å². The van der Waals surface area contributed by atoms with E-state index in [1.54, 1.807) is 7.05 Å². The van der Waals surface area contributed by atoms with Crippen LogP contribution < -0.4 is 5.32 Å². The second-order valence-electron chi connectivity index (χ2n) is 4.25. The van der Waals surface area contributed by atoms with Crippen molar-refractivity contribution in [3.05, 3.63) is 0 Å². The van der Waals surface area contributed by atoms with Gasteiger partial charge < -0.3 is 20.2 Å². The Morgan fingerprint density at radius 3 is 2.74 bits per heavy atom. The quantitative estimate of drug-likeness (QED) is 0.740. The maximum absolute atomic E-state index is 12.2. The van der Waals surface area contributed by atoms with Crippen LogP contribution in [0.25, 0.3) is 0 Å². The maximum atomic E-state index is 12.2. The minimum absolute atomic E-state index is 0.149. The Morgan fingerprint density at radius 2 is 2.16 bits per heavy atom. The first kappa shape index (κ1) is 15.6. The molecule has 7 nitrogen and oxygen atoms in total. The molecule has 1 saturated heterocycles. The van der Waals surface area contributed by atoms with Crippen LogP contribution in [-0.2, 0) is 9.59 Å². The van der Waals surface area contributed by atoms with E-state index in [1.165, 1.54) is 28.6 Å². The number of carboxylic acids is 1. The summed E-state index contributed by atoms with van der Waals surface area (Å²) in [5, 5.41) is 11.6. The summed E-state index contributed by atoms with van der Waals surface area (Å²) in [4.78, 5) is 37.2. The molecule has 1 aliphatic heterocycles. The SMILES string of the molecule is CNC(=O)CCN(C)C(=O)N1CCSCC1C(=O)O. The van der Waals surface area contributed by atoms with E-state index in [4.69, 9.17) is 5.11 Å². The van der Waals surface area contributed by atoms with Crippen molar-refractivity contribution >= 4 is 29.7 Å². The molecule has 0 saturated carbocycles. The number of amides is 3. The number of rotatable bonds is 4. The van der Waals surface area contributed by atoms with E-state index in [9.17, 15) is 14.4 Å². The minimum atomic E-state index is -0.986. The summed E-state index contributed by atoms with van der Waals surface area (Å²) in [7, 11) is 3.11. The third-order valence-electron chi connectivity index (χ3n) is 2.94. The van der Waals surface area contributed by atoms with Gasteiger partial charge in [0.15, 0.2) is 0 Å². The average Bonchev–Trinajstić information content (AvgIpc) is 2.43. The van der Waals surface area contributed by atoms with Gasteiger partial charge in [0, 0.05) is 45.1 Å². The third kappa shape index (κ3) is 4.30. The van der Waals surface area contributed by atoms with E-state index in [0.717, 1.165) is 5.75 Å². The van der Waals surface area contributed by atoms with Crippen molar-refractivity contribution in [2.24, 2.45) is 0 Å². The lowest BCUT2D eigenvalue weighted by molar-refractivity contribution is -0.141. The van der Waals surface area contributed by atoms with Crippen molar-refractivity contribution in [1.29, 1.82) is 0 Å². The van der Waals surface area contributed by atoms with Gasteiger partial charge in [0.25, 0.3) is 0 Å². The molecule has 1 atom stereocenters. The Bertz CT molecular complexity index is 364. The van der Waals surface area contributed by atoms with E-state index in [1.807, 2.05) is 0 Å². The molecule has 2 N–H and O–H groups in total. The molecule has 1 heterocycles. The van der Waals surface area contributed by atoms with Gasteiger partial charge in [-0.15, -0.1) is 0 Å². The zero-order valence-electron chi connectivity index (χ0n) is 11.1. The summed E-state index contributed by atoms with van der Waals surface area (Å²) in [6, 6.07) is -1.12. The zero-order valence-corrected chi connectivity index (χ0v) is 11.9. The number of nitrogens with one attached hydrogen (secondary N) is 1. The molecule has 1 unspecified atom stereocenters. The van der Waals surface area contributed by atoms with Crippen LogP contribution in [0.4, 0.5) is 4.79 Å². The molecule has 0 aromatic rings. The Kier molecular flexibility index (Phi) is 5.94. The van der Waals surface area contributed by atoms with E-state index in [0.29, 0.717) is 12.3 Å². The molecule has 1 aliphatic rings. The largest absolute Gasteiger partial charge is 0.480 e. The lowest BCUT2D eigenvalue weighted by Gasteiger charge is -2.35. The molecule has 0 aromatic heterocycles. The highest BCUT2D eigenvalue weighted by molar-refractivity contribution is 7.99. The first-order valence-corrected chi connectivity index (χ1v) is 7.15. The van der Waals surface area contributed by atoms with Crippen molar-refractivity contribution in [3.63, 3.8) is 0 Å². The van der Waals surface area contributed by atoms with Crippen LogP contribution in [0.2, 0.25) is 0 Å². The Labute approximate surface area is 116 Å². The topological polar surface area (TPSA) is 90.0 Å². The standard InChI is InChI=1S/C11H19N3O4S/c1-12-9(15)3-4-13(2)11(18)14-5-6-19-7-8(14)10(16)17/h8H,3-7H2,1-2H3,(H,12,15)(H,16,17). The smallest absolute Gasteiger partial charge is 0.327 e. The second kappa shape index (κ2) is 7.22. The molecule has 19 heavy (non-hydrogen) atoms. The number of carbonyl (C=O) groups is 3. The molecule has 0 aromatic carbocycles. The fraction of sp³-hybridized carbons (Fsp3) is 0.727. The average molecular weight is 289 g/mol. The molecule has 1 rings (SSSR count). The molecule has 0 spiro atoms. The van der Waals surface area contributed by atoms with Gasteiger partial charge in [-0.25, -0.2) is 9.59 Å². The number of nitrogens with zero attached hydrogens (tertiary/aromatic N) is 2. The van der Waals surface area contributed by atoms with Gasteiger partial charge in [-0.05, 0) is 0 Å².